The van der Waals surface area contributed by atoms with Crippen molar-refractivity contribution in [2.75, 3.05) is 11.4 Å². The summed E-state index contributed by atoms with van der Waals surface area (Å²) in [6.45, 7) is 0.564. The number of thiazole rings is 1. The minimum absolute atomic E-state index is 0.136. The Balaban J connectivity index is 1.94. The second-order valence-electron chi connectivity index (χ2n) is 4.23. The maximum atomic E-state index is 12.2. The summed E-state index contributed by atoms with van der Waals surface area (Å²) in [5, 5.41) is 10.7. The quantitative estimate of drug-likeness (QED) is 0.909. The lowest BCUT2D eigenvalue weighted by Gasteiger charge is -2.15. The van der Waals surface area contributed by atoms with Crippen molar-refractivity contribution in [3.8, 4) is 0 Å². The van der Waals surface area contributed by atoms with Crippen molar-refractivity contribution in [3.05, 3.63) is 45.9 Å². The first-order valence-corrected chi connectivity index (χ1v) is 6.67. The average Bonchev–Trinajstić information content (AvgIpc) is 3.06. The molecule has 0 spiro atoms. The van der Waals surface area contributed by atoms with Crippen molar-refractivity contribution in [2.24, 2.45) is 0 Å². The lowest BCUT2D eigenvalue weighted by atomic mass is 10.1. The van der Waals surface area contributed by atoms with Crippen LogP contribution in [-0.2, 0) is 6.42 Å². The fourth-order valence-electron chi connectivity index (χ4n) is 2.20. The summed E-state index contributed by atoms with van der Waals surface area (Å²) in [4.78, 5) is 28.8. The van der Waals surface area contributed by atoms with E-state index in [0.717, 1.165) is 11.3 Å². The van der Waals surface area contributed by atoms with Crippen LogP contribution in [0.2, 0.25) is 0 Å². The lowest BCUT2D eigenvalue weighted by molar-refractivity contribution is 0.0696. The Morgan fingerprint density at radius 2 is 2.21 bits per heavy atom. The Bertz CT molecular complexity index is 652. The van der Waals surface area contributed by atoms with Gasteiger partial charge in [-0.2, -0.15) is 0 Å². The van der Waals surface area contributed by atoms with Crippen LogP contribution in [0.1, 0.15) is 26.4 Å². The van der Waals surface area contributed by atoms with Gasteiger partial charge >= 0.3 is 5.97 Å². The van der Waals surface area contributed by atoms with Crippen LogP contribution in [0, 0.1) is 0 Å². The van der Waals surface area contributed by atoms with E-state index in [2.05, 4.69) is 4.98 Å². The van der Waals surface area contributed by atoms with Crippen molar-refractivity contribution in [2.45, 2.75) is 6.42 Å². The first-order valence-electron chi connectivity index (χ1n) is 5.73. The molecule has 1 aliphatic heterocycles. The van der Waals surface area contributed by atoms with Gasteiger partial charge in [-0.1, -0.05) is 0 Å². The number of anilines is 1. The number of aromatic nitrogens is 1. The molecule has 2 aromatic rings. The molecule has 96 valence electrons. The highest BCUT2D eigenvalue weighted by Gasteiger charge is 2.27. The third kappa shape index (κ3) is 2.00. The molecule has 0 saturated heterocycles. The molecule has 0 unspecified atom stereocenters. The Morgan fingerprint density at radius 1 is 1.37 bits per heavy atom. The molecule has 0 saturated carbocycles. The zero-order valence-corrected chi connectivity index (χ0v) is 10.7. The van der Waals surface area contributed by atoms with Crippen LogP contribution in [0.25, 0.3) is 0 Å². The summed E-state index contributed by atoms with van der Waals surface area (Å²) in [5.74, 6) is -1.09. The zero-order valence-electron chi connectivity index (χ0n) is 9.87. The molecule has 0 bridgehead atoms. The van der Waals surface area contributed by atoms with E-state index >= 15 is 0 Å². The number of carboxylic acids is 1. The summed E-state index contributed by atoms with van der Waals surface area (Å²) in [5.41, 5.74) is 3.98. The molecular formula is C13H10N2O3S. The summed E-state index contributed by atoms with van der Waals surface area (Å²) in [6, 6.07) is 4.84. The topological polar surface area (TPSA) is 70.5 Å². The van der Waals surface area contributed by atoms with E-state index in [-0.39, 0.29) is 11.5 Å². The maximum absolute atomic E-state index is 12.2. The molecule has 1 aromatic heterocycles. The molecule has 1 aromatic carbocycles. The molecule has 0 fully saturated rings. The van der Waals surface area contributed by atoms with Crippen LogP contribution in [-0.4, -0.2) is 28.5 Å². The summed E-state index contributed by atoms with van der Waals surface area (Å²) < 4.78 is 0. The number of carbonyl (C=O) groups excluding carboxylic acids is 1. The van der Waals surface area contributed by atoms with Crippen LogP contribution in [0.15, 0.2) is 29.1 Å². The molecular weight excluding hydrogens is 264 g/mol. The minimum Gasteiger partial charge on any atom is -0.478 e. The highest BCUT2D eigenvalue weighted by atomic mass is 32.1. The van der Waals surface area contributed by atoms with Crippen LogP contribution in [0.4, 0.5) is 5.69 Å². The monoisotopic (exact) mass is 274 g/mol. The molecule has 0 atom stereocenters. The smallest absolute Gasteiger partial charge is 0.335 e. The van der Waals surface area contributed by atoms with E-state index in [0.29, 0.717) is 18.7 Å². The van der Waals surface area contributed by atoms with Crippen LogP contribution < -0.4 is 4.90 Å². The molecule has 6 heteroatoms. The zero-order chi connectivity index (χ0) is 13.4. The van der Waals surface area contributed by atoms with Crippen molar-refractivity contribution >= 4 is 28.9 Å². The predicted octanol–water partition coefficient (Wildman–Crippen LogP) is 2.04. The third-order valence-corrected chi connectivity index (χ3v) is 3.71. The van der Waals surface area contributed by atoms with E-state index in [9.17, 15) is 9.59 Å². The molecule has 5 nitrogen and oxygen atoms in total. The first-order chi connectivity index (χ1) is 9.16. The van der Waals surface area contributed by atoms with Gasteiger partial charge in [0, 0.05) is 17.6 Å². The van der Waals surface area contributed by atoms with E-state index in [1.807, 2.05) is 0 Å². The van der Waals surface area contributed by atoms with E-state index in [1.54, 1.807) is 27.9 Å². The average molecular weight is 274 g/mol. The minimum atomic E-state index is -0.952. The van der Waals surface area contributed by atoms with Crippen LogP contribution in [0.3, 0.4) is 0 Å². The largest absolute Gasteiger partial charge is 0.478 e. The molecule has 1 aliphatic rings. The van der Waals surface area contributed by atoms with Crippen molar-refractivity contribution in [1.29, 1.82) is 0 Å². The van der Waals surface area contributed by atoms with Gasteiger partial charge in [-0.05, 0) is 30.2 Å². The lowest BCUT2D eigenvalue weighted by Crippen LogP contribution is -2.29. The Morgan fingerprint density at radius 3 is 2.89 bits per heavy atom. The maximum Gasteiger partial charge on any atom is 0.335 e. The summed E-state index contributed by atoms with van der Waals surface area (Å²) >= 11 is 1.38. The van der Waals surface area contributed by atoms with Gasteiger partial charge in [-0.25, -0.2) is 9.78 Å². The second kappa shape index (κ2) is 4.47. The number of aromatic carboxylic acids is 1. The number of benzene rings is 1. The molecule has 1 amide bonds. The normalized spacial score (nSPS) is 13.4. The molecule has 2 heterocycles. The SMILES string of the molecule is O=C(O)c1ccc2c(c1)CCN2C(=O)c1cscn1. The molecule has 0 aliphatic carbocycles. The fraction of sp³-hybridized carbons (Fsp3) is 0.154. The van der Waals surface area contributed by atoms with Crippen LogP contribution in [0.5, 0.6) is 0 Å². The van der Waals surface area contributed by atoms with Crippen molar-refractivity contribution in [1.82, 2.24) is 4.98 Å². The highest BCUT2D eigenvalue weighted by molar-refractivity contribution is 7.07. The van der Waals surface area contributed by atoms with Gasteiger partial charge < -0.3 is 10.0 Å². The Labute approximate surface area is 113 Å². The second-order valence-corrected chi connectivity index (χ2v) is 4.95. The van der Waals surface area contributed by atoms with Gasteiger partial charge in [-0.3, -0.25) is 4.79 Å². The van der Waals surface area contributed by atoms with Gasteiger partial charge in [0.15, 0.2) is 0 Å². The number of hydrogen-bond donors (Lipinski definition) is 1. The number of carboxylic acid groups (broad SMARTS) is 1. The standard InChI is InChI=1S/C13H10N2O3S/c16-12(10-6-19-7-14-10)15-4-3-8-5-9(13(17)18)1-2-11(8)15/h1-2,5-7H,3-4H2,(H,17,18). The number of amides is 1. The first kappa shape index (κ1) is 11.9. The van der Waals surface area contributed by atoms with E-state index in [4.69, 9.17) is 5.11 Å². The van der Waals surface area contributed by atoms with E-state index in [1.165, 1.54) is 17.4 Å². The molecule has 1 N–H and O–H groups in total. The predicted molar refractivity (Wildman–Crippen MR) is 70.9 cm³/mol. The van der Waals surface area contributed by atoms with Crippen molar-refractivity contribution in [3.63, 3.8) is 0 Å². The number of fused-ring (bicyclic) bond motifs is 1. The number of rotatable bonds is 2. The summed E-state index contributed by atoms with van der Waals surface area (Å²) in [6.07, 6.45) is 0.673. The molecule has 0 radical (unpaired) electrons. The molecule has 3 rings (SSSR count). The molecule has 19 heavy (non-hydrogen) atoms. The van der Waals surface area contributed by atoms with E-state index < -0.39 is 5.97 Å². The van der Waals surface area contributed by atoms with Gasteiger partial charge in [0.25, 0.3) is 5.91 Å². The number of carbonyl (C=O) groups is 2. The van der Waals surface area contributed by atoms with Gasteiger partial charge in [0.1, 0.15) is 5.69 Å². The van der Waals surface area contributed by atoms with Gasteiger partial charge in [0.2, 0.25) is 0 Å². The van der Waals surface area contributed by atoms with Crippen LogP contribution >= 0.6 is 11.3 Å². The number of hydrogen-bond acceptors (Lipinski definition) is 4. The van der Waals surface area contributed by atoms with Gasteiger partial charge in [-0.15, -0.1) is 11.3 Å². The number of nitrogens with zero attached hydrogens (tertiary/aromatic N) is 2. The summed E-state index contributed by atoms with van der Waals surface area (Å²) in [7, 11) is 0. The fourth-order valence-corrected chi connectivity index (χ4v) is 2.73. The van der Waals surface area contributed by atoms with Crippen molar-refractivity contribution < 1.29 is 14.7 Å². The van der Waals surface area contributed by atoms with Gasteiger partial charge in [0.05, 0.1) is 11.1 Å². The Hall–Kier alpha value is -2.21. The highest BCUT2D eigenvalue weighted by Crippen LogP contribution is 2.30. The Kier molecular flexibility index (Phi) is 2.79. The third-order valence-electron chi connectivity index (χ3n) is 3.12.